The van der Waals surface area contributed by atoms with Crippen LogP contribution in [-0.2, 0) is 6.42 Å². The number of aromatic nitrogens is 1. The zero-order chi connectivity index (χ0) is 18.0. The van der Waals surface area contributed by atoms with Crippen LogP contribution in [0.25, 0.3) is 22.2 Å². The second-order valence-electron chi connectivity index (χ2n) is 6.18. The molecule has 25 heavy (non-hydrogen) atoms. The minimum Gasteiger partial charge on any atom is -0.496 e. The Balaban J connectivity index is 2.27. The smallest absolute Gasteiger partial charge is 0.128 e. The molecule has 0 spiro atoms. The number of benzene rings is 2. The number of aryl methyl sites for hydroxylation is 2. The molecule has 0 fully saturated rings. The standard InChI is InChI=1S/C20H22Cl2N2O/c1-12-6-8-16(22)18-14(5-3-4-10-23)20(24-19(12)18)15-11-13(21)7-9-17(15)25-2/h6-9,11,24H,3-5,10,23H2,1-2H3. The third kappa shape index (κ3) is 3.50. The van der Waals surface area contributed by atoms with E-state index in [0.29, 0.717) is 11.6 Å². The third-order valence-electron chi connectivity index (χ3n) is 4.53. The van der Waals surface area contributed by atoms with Crippen molar-refractivity contribution in [3.05, 3.63) is 51.5 Å². The van der Waals surface area contributed by atoms with Crippen molar-refractivity contribution in [2.24, 2.45) is 5.73 Å². The summed E-state index contributed by atoms with van der Waals surface area (Å²) in [5.74, 6) is 0.782. The van der Waals surface area contributed by atoms with E-state index in [4.69, 9.17) is 33.7 Å². The molecule has 0 atom stereocenters. The van der Waals surface area contributed by atoms with Crippen LogP contribution in [-0.4, -0.2) is 18.6 Å². The van der Waals surface area contributed by atoms with Crippen molar-refractivity contribution in [3.63, 3.8) is 0 Å². The number of rotatable bonds is 6. The molecule has 0 aliphatic heterocycles. The van der Waals surface area contributed by atoms with Gasteiger partial charge in [0.2, 0.25) is 0 Å². The van der Waals surface area contributed by atoms with Gasteiger partial charge in [-0.3, -0.25) is 0 Å². The van der Waals surface area contributed by atoms with Crippen molar-refractivity contribution in [1.29, 1.82) is 0 Å². The number of halogens is 2. The Labute approximate surface area is 158 Å². The van der Waals surface area contributed by atoms with Crippen LogP contribution in [0.5, 0.6) is 5.75 Å². The summed E-state index contributed by atoms with van der Waals surface area (Å²) in [4.78, 5) is 3.56. The fourth-order valence-corrected chi connectivity index (χ4v) is 3.71. The van der Waals surface area contributed by atoms with Gasteiger partial charge in [0.15, 0.2) is 0 Å². The zero-order valence-electron chi connectivity index (χ0n) is 14.5. The summed E-state index contributed by atoms with van der Waals surface area (Å²) in [7, 11) is 1.67. The first-order valence-corrected chi connectivity index (χ1v) is 9.16. The Morgan fingerprint density at radius 2 is 1.92 bits per heavy atom. The molecule has 3 nitrogen and oxygen atoms in total. The van der Waals surface area contributed by atoms with Crippen LogP contribution in [0.4, 0.5) is 0 Å². The molecule has 5 heteroatoms. The summed E-state index contributed by atoms with van der Waals surface area (Å²) in [5, 5.41) is 2.51. The first kappa shape index (κ1) is 18.1. The highest BCUT2D eigenvalue weighted by Gasteiger charge is 2.19. The van der Waals surface area contributed by atoms with Crippen molar-refractivity contribution < 1.29 is 4.74 Å². The van der Waals surface area contributed by atoms with E-state index in [-0.39, 0.29) is 0 Å². The molecule has 0 unspecified atom stereocenters. The maximum Gasteiger partial charge on any atom is 0.128 e. The molecule has 132 valence electrons. The lowest BCUT2D eigenvalue weighted by Gasteiger charge is -2.11. The van der Waals surface area contributed by atoms with Gasteiger partial charge in [-0.15, -0.1) is 0 Å². The molecule has 3 N–H and O–H groups in total. The predicted molar refractivity (Wildman–Crippen MR) is 107 cm³/mol. The van der Waals surface area contributed by atoms with E-state index in [1.165, 1.54) is 5.56 Å². The van der Waals surface area contributed by atoms with Gasteiger partial charge in [-0.2, -0.15) is 0 Å². The van der Waals surface area contributed by atoms with E-state index < -0.39 is 0 Å². The van der Waals surface area contributed by atoms with Crippen molar-refractivity contribution in [2.45, 2.75) is 26.2 Å². The third-order valence-corrected chi connectivity index (χ3v) is 5.08. The summed E-state index contributed by atoms with van der Waals surface area (Å²) < 4.78 is 5.56. The van der Waals surface area contributed by atoms with Crippen LogP contribution in [0, 0.1) is 6.92 Å². The monoisotopic (exact) mass is 376 g/mol. The fourth-order valence-electron chi connectivity index (χ4n) is 3.26. The lowest BCUT2D eigenvalue weighted by molar-refractivity contribution is 0.416. The van der Waals surface area contributed by atoms with Crippen molar-refractivity contribution in [2.75, 3.05) is 13.7 Å². The van der Waals surface area contributed by atoms with E-state index in [1.54, 1.807) is 7.11 Å². The minimum absolute atomic E-state index is 0.671. The molecule has 0 amide bonds. The van der Waals surface area contributed by atoms with Gasteiger partial charge in [-0.05, 0) is 68.1 Å². The van der Waals surface area contributed by atoms with E-state index in [9.17, 15) is 0 Å². The van der Waals surface area contributed by atoms with Crippen LogP contribution < -0.4 is 10.5 Å². The molecule has 0 saturated heterocycles. The first-order chi connectivity index (χ1) is 12.1. The van der Waals surface area contributed by atoms with Crippen LogP contribution in [0.1, 0.15) is 24.0 Å². The van der Waals surface area contributed by atoms with Crippen LogP contribution >= 0.6 is 23.2 Å². The van der Waals surface area contributed by atoms with Gasteiger partial charge in [-0.25, -0.2) is 0 Å². The summed E-state index contributed by atoms with van der Waals surface area (Å²) in [6.45, 7) is 2.77. The summed E-state index contributed by atoms with van der Waals surface area (Å²) in [6.07, 6.45) is 2.87. The molecule has 0 saturated carbocycles. The van der Waals surface area contributed by atoms with Gasteiger partial charge < -0.3 is 15.5 Å². The quantitative estimate of drug-likeness (QED) is 0.538. The van der Waals surface area contributed by atoms with E-state index in [0.717, 1.165) is 57.8 Å². The predicted octanol–water partition coefficient (Wildman–Crippen LogP) is 5.74. The molecule has 3 rings (SSSR count). The number of nitrogens with one attached hydrogen (secondary N) is 1. The number of methoxy groups -OCH3 is 1. The van der Waals surface area contributed by atoms with Gasteiger partial charge in [0, 0.05) is 16.0 Å². The highest BCUT2D eigenvalue weighted by molar-refractivity contribution is 6.36. The number of ether oxygens (including phenoxy) is 1. The number of fused-ring (bicyclic) bond motifs is 1. The normalized spacial score (nSPS) is 11.2. The number of unbranched alkanes of at least 4 members (excludes halogenated alkanes) is 1. The maximum absolute atomic E-state index is 6.55. The van der Waals surface area contributed by atoms with Crippen molar-refractivity contribution in [3.8, 4) is 17.0 Å². The highest BCUT2D eigenvalue weighted by atomic mass is 35.5. The molecule has 0 radical (unpaired) electrons. The molecule has 0 bridgehead atoms. The number of nitrogens with two attached hydrogens (primary N) is 1. The topological polar surface area (TPSA) is 51.0 Å². The molecule has 0 aliphatic carbocycles. The first-order valence-electron chi connectivity index (χ1n) is 8.40. The second-order valence-corrected chi connectivity index (χ2v) is 7.03. The molecular formula is C20H22Cl2N2O. The number of hydrogen-bond acceptors (Lipinski definition) is 2. The number of aromatic amines is 1. The van der Waals surface area contributed by atoms with Gasteiger partial charge in [0.25, 0.3) is 0 Å². The molecule has 3 aromatic rings. The maximum atomic E-state index is 6.55. The van der Waals surface area contributed by atoms with Crippen LogP contribution in [0.3, 0.4) is 0 Å². The lowest BCUT2D eigenvalue weighted by Crippen LogP contribution is -1.99. The molecule has 1 aromatic heterocycles. The Hall–Kier alpha value is -1.68. The second kappa shape index (κ2) is 7.69. The SMILES string of the molecule is COc1ccc(Cl)cc1-c1[nH]c2c(C)ccc(Cl)c2c1CCCCN. The van der Waals surface area contributed by atoms with E-state index in [1.807, 2.05) is 30.3 Å². The summed E-state index contributed by atoms with van der Waals surface area (Å²) in [6, 6.07) is 9.64. The van der Waals surface area contributed by atoms with E-state index in [2.05, 4.69) is 11.9 Å². The Morgan fingerprint density at radius 3 is 2.64 bits per heavy atom. The van der Waals surface area contributed by atoms with Crippen LogP contribution in [0.15, 0.2) is 30.3 Å². The van der Waals surface area contributed by atoms with Crippen molar-refractivity contribution in [1.82, 2.24) is 4.98 Å². The van der Waals surface area contributed by atoms with Gasteiger partial charge in [-0.1, -0.05) is 29.3 Å². The number of hydrogen-bond donors (Lipinski definition) is 2. The van der Waals surface area contributed by atoms with Gasteiger partial charge >= 0.3 is 0 Å². The Bertz CT molecular complexity index is 902. The average Bonchev–Trinajstić information content (AvgIpc) is 2.99. The van der Waals surface area contributed by atoms with Gasteiger partial charge in [0.1, 0.15) is 5.75 Å². The summed E-state index contributed by atoms with van der Waals surface area (Å²) >= 11 is 12.8. The van der Waals surface area contributed by atoms with E-state index >= 15 is 0 Å². The Morgan fingerprint density at radius 1 is 1.12 bits per heavy atom. The van der Waals surface area contributed by atoms with Crippen molar-refractivity contribution >= 4 is 34.1 Å². The molecule has 2 aromatic carbocycles. The Kier molecular flexibility index (Phi) is 5.57. The van der Waals surface area contributed by atoms with Gasteiger partial charge in [0.05, 0.1) is 23.3 Å². The lowest BCUT2D eigenvalue weighted by atomic mass is 9.99. The minimum atomic E-state index is 0.671. The fraction of sp³-hybridized carbons (Fsp3) is 0.300. The molecular weight excluding hydrogens is 355 g/mol. The molecule has 0 aliphatic rings. The zero-order valence-corrected chi connectivity index (χ0v) is 16.0. The largest absolute Gasteiger partial charge is 0.496 e. The van der Waals surface area contributed by atoms with Crippen LogP contribution in [0.2, 0.25) is 10.0 Å². The summed E-state index contributed by atoms with van der Waals surface area (Å²) in [5.41, 5.74) is 11.1. The highest BCUT2D eigenvalue weighted by Crippen LogP contribution is 2.41. The number of H-pyrrole nitrogens is 1. The molecule has 1 heterocycles. The average molecular weight is 377 g/mol.